The Hall–Kier alpha value is -2.02. The Morgan fingerprint density at radius 2 is 1.92 bits per heavy atom. The van der Waals surface area contributed by atoms with E-state index < -0.39 is 0 Å². The maximum atomic E-state index is 12.8. The van der Waals surface area contributed by atoms with Gasteiger partial charge < -0.3 is 9.47 Å². The van der Waals surface area contributed by atoms with Gasteiger partial charge in [0, 0.05) is 6.07 Å². The summed E-state index contributed by atoms with van der Waals surface area (Å²) in [5.41, 5.74) is 2.91. The maximum absolute atomic E-state index is 12.8. The second-order valence-electron chi connectivity index (χ2n) is 5.98. The summed E-state index contributed by atoms with van der Waals surface area (Å²) in [4.78, 5) is 14.9. The number of rotatable bonds is 3. The number of aryl methyl sites for hydroxylation is 1. The van der Waals surface area contributed by atoms with Crippen molar-refractivity contribution in [3.63, 3.8) is 0 Å². The Balaban J connectivity index is 1.59. The van der Waals surface area contributed by atoms with Crippen LogP contribution in [-0.4, -0.2) is 21.9 Å². The highest BCUT2D eigenvalue weighted by Gasteiger charge is 2.32. The van der Waals surface area contributed by atoms with E-state index in [1.165, 1.54) is 17.3 Å². The molecule has 132 valence electrons. The molecule has 2 aromatic carbocycles. The number of halogens is 1. The largest absolute Gasteiger partial charge is 0.454 e. The van der Waals surface area contributed by atoms with Crippen LogP contribution in [0.15, 0.2) is 41.3 Å². The molecular weight excluding hydrogens is 390 g/mol. The summed E-state index contributed by atoms with van der Waals surface area (Å²) in [6.07, 6.45) is 1.75. The minimum Gasteiger partial charge on any atom is -0.454 e. The number of hydrogen-bond acceptors (Lipinski definition) is 5. The molecule has 0 saturated carbocycles. The lowest BCUT2D eigenvalue weighted by atomic mass is 10.1. The number of amides is 1. The van der Waals surface area contributed by atoms with E-state index in [-0.39, 0.29) is 12.7 Å². The van der Waals surface area contributed by atoms with E-state index in [1.54, 1.807) is 23.1 Å². The first kappa shape index (κ1) is 17.4. The molecule has 2 aliphatic rings. The highest BCUT2D eigenvalue weighted by atomic mass is 35.5. The lowest BCUT2D eigenvalue weighted by Gasteiger charge is -2.14. The second-order valence-corrected chi connectivity index (χ2v) is 8.06. The molecule has 0 unspecified atom stereocenters. The summed E-state index contributed by atoms with van der Waals surface area (Å²) in [5, 5.41) is 0.498. The van der Waals surface area contributed by atoms with Crippen LogP contribution >= 0.6 is 35.6 Å². The zero-order valence-corrected chi connectivity index (χ0v) is 16.2. The molecule has 0 atom stereocenters. The van der Waals surface area contributed by atoms with Gasteiger partial charge in [-0.15, -0.1) is 0 Å². The minimum absolute atomic E-state index is 0.116. The van der Waals surface area contributed by atoms with Gasteiger partial charge in [0.25, 0.3) is 5.91 Å². The van der Waals surface area contributed by atoms with Crippen LogP contribution < -0.4 is 9.47 Å². The zero-order chi connectivity index (χ0) is 18.3. The quantitative estimate of drug-likeness (QED) is 0.544. The summed E-state index contributed by atoms with van der Waals surface area (Å²) in [6, 6.07) is 11.5. The lowest BCUT2D eigenvalue weighted by Crippen LogP contribution is -2.27. The van der Waals surface area contributed by atoms with Crippen LogP contribution in [-0.2, 0) is 11.3 Å². The number of hydrogen-bond donors (Lipinski definition) is 0. The number of nitrogens with zero attached hydrogens (tertiary/aromatic N) is 1. The summed E-state index contributed by atoms with van der Waals surface area (Å²) in [6.45, 7) is 2.66. The predicted molar refractivity (Wildman–Crippen MR) is 107 cm³/mol. The molecule has 0 radical (unpaired) electrons. The van der Waals surface area contributed by atoms with Crippen molar-refractivity contribution in [3.8, 4) is 11.5 Å². The molecule has 7 heteroatoms. The molecule has 2 heterocycles. The van der Waals surface area contributed by atoms with Crippen LogP contribution in [0.5, 0.6) is 11.5 Å². The summed E-state index contributed by atoms with van der Waals surface area (Å²) in [7, 11) is 0. The summed E-state index contributed by atoms with van der Waals surface area (Å²) < 4.78 is 11.2. The van der Waals surface area contributed by atoms with Gasteiger partial charge in [-0.1, -0.05) is 65.4 Å². The molecule has 0 aliphatic carbocycles. The number of thiocarbonyl (C=S) groups is 1. The van der Waals surface area contributed by atoms with Gasteiger partial charge in [-0.05, 0) is 30.2 Å². The predicted octanol–water partition coefficient (Wildman–Crippen LogP) is 4.78. The number of carbonyl (C=O) groups excluding carboxylic acids is 1. The van der Waals surface area contributed by atoms with E-state index in [9.17, 15) is 4.79 Å². The maximum Gasteiger partial charge on any atom is 0.266 e. The van der Waals surface area contributed by atoms with Crippen molar-refractivity contribution in [2.24, 2.45) is 0 Å². The van der Waals surface area contributed by atoms with Crippen molar-refractivity contribution >= 4 is 51.9 Å². The van der Waals surface area contributed by atoms with Crippen LogP contribution in [0.2, 0.25) is 5.02 Å². The molecule has 0 aromatic heterocycles. The van der Waals surface area contributed by atoms with Gasteiger partial charge in [0.05, 0.1) is 16.5 Å². The highest BCUT2D eigenvalue weighted by molar-refractivity contribution is 8.26. The molecule has 4 nitrogen and oxygen atoms in total. The first-order chi connectivity index (χ1) is 12.5. The van der Waals surface area contributed by atoms with Gasteiger partial charge in [-0.25, -0.2) is 0 Å². The van der Waals surface area contributed by atoms with E-state index in [2.05, 4.69) is 0 Å². The lowest BCUT2D eigenvalue weighted by molar-refractivity contribution is -0.122. The van der Waals surface area contributed by atoms with Crippen molar-refractivity contribution in [3.05, 3.63) is 63.0 Å². The van der Waals surface area contributed by atoms with Crippen molar-refractivity contribution in [1.29, 1.82) is 0 Å². The van der Waals surface area contributed by atoms with Gasteiger partial charge in [0.2, 0.25) is 6.79 Å². The fraction of sp³-hybridized carbons (Fsp3) is 0.158. The molecule has 0 spiro atoms. The molecule has 2 aliphatic heterocycles. The summed E-state index contributed by atoms with van der Waals surface area (Å²) in [5.74, 6) is 1.11. The van der Waals surface area contributed by atoms with Crippen LogP contribution in [0.3, 0.4) is 0 Å². The van der Waals surface area contributed by atoms with Gasteiger partial charge >= 0.3 is 0 Å². The Kier molecular flexibility index (Phi) is 4.65. The fourth-order valence-electron chi connectivity index (χ4n) is 2.70. The van der Waals surface area contributed by atoms with Crippen LogP contribution in [0.25, 0.3) is 6.08 Å². The average Bonchev–Trinajstić information content (AvgIpc) is 3.16. The number of fused-ring (bicyclic) bond motifs is 1. The average molecular weight is 404 g/mol. The number of benzene rings is 2. The van der Waals surface area contributed by atoms with Gasteiger partial charge in [-0.3, -0.25) is 9.69 Å². The highest BCUT2D eigenvalue weighted by Crippen LogP contribution is 2.40. The molecule has 1 saturated heterocycles. The van der Waals surface area contributed by atoms with E-state index in [0.717, 1.165) is 5.56 Å². The molecule has 0 N–H and O–H groups in total. The zero-order valence-electron chi connectivity index (χ0n) is 13.8. The monoisotopic (exact) mass is 403 g/mol. The van der Waals surface area contributed by atoms with Crippen LogP contribution in [0.1, 0.15) is 16.7 Å². The Morgan fingerprint density at radius 3 is 2.65 bits per heavy atom. The second kappa shape index (κ2) is 6.95. The van der Waals surface area contributed by atoms with Gasteiger partial charge in [-0.2, -0.15) is 0 Å². The van der Waals surface area contributed by atoms with Crippen molar-refractivity contribution < 1.29 is 14.3 Å². The molecule has 2 aromatic rings. The van der Waals surface area contributed by atoms with Gasteiger partial charge in [0.15, 0.2) is 11.5 Å². The summed E-state index contributed by atoms with van der Waals surface area (Å²) >= 11 is 13.0. The molecule has 1 amide bonds. The Morgan fingerprint density at radius 1 is 1.23 bits per heavy atom. The minimum atomic E-state index is -0.116. The third-order valence-corrected chi connectivity index (χ3v) is 5.82. The normalized spacial score (nSPS) is 17.5. The van der Waals surface area contributed by atoms with E-state index in [1.807, 2.05) is 31.2 Å². The molecule has 26 heavy (non-hydrogen) atoms. The van der Waals surface area contributed by atoms with E-state index in [0.29, 0.717) is 37.9 Å². The Bertz CT molecular complexity index is 941. The van der Waals surface area contributed by atoms with Gasteiger partial charge in [0.1, 0.15) is 4.32 Å². The molecule has 4 rings (SSSR count). The van der Waals surface area contributed by atoms with Crippen molar-refractivity contribution in [2.45, 2.75) is 13.5 Å². The molecular formula is C19H14ClNO3S2. The van der Waals surface area contributed by atoms with Crippen LogP contribution in [0.4, 0.5) is 0 Å². The number of carbonyl (C=O) groups is 1. The molecule has 0 bridgehead atoms. The fourth-order valence-corrected chi connectivity index (χ4v) is 4.15. The van der Waals surface area contributed by atoms with E-state index in [4.69, 9.17) is 33.3 Å². The smallest absolute Gasteiger partial charge is 0.266 e. The standard InChI is InChI=1S/C19H14ClNO3S2/c1-11-2-4-12(5-3-11)9-21-18(22)17(26-19(21)25)7-13-6-15-16(8-14(13)20)24-10-23-15/h2-8H,9-10H2,1H3/b17-7-. The third kappa shape index (κ3) is 3.32. The first-order valence-corrected chi connectivity index (χ1v) is 9.51. The SMILES string of the molecule is Cc1ccc(CN2C(=O)/C(=C/c3cc4c(cc3Cl)OCO4)SC2=S)cc1. The topological polar surface area (TPSA) is 38.8 Å². The number of ether oxygens (including phenoxy) is 2. The number of thioether (sulfide) groups is 1. The van der Waals surface area contributed by atoms with E-state index >= 15 is 0 Å². The third-order valence-electron chi connectivity index (χ3n) is 4.11. The Labute approximate surface area is 165 Å². The van der Waals surface area contributed by atoms with Crippen molar-refractivity contribution in [1.82, 2.24) is 4.90 Å². The molecule has 1 fully saturated rings. The van der Waals surface area contributed by atoms with Crippen molar-refractivity contribution in [2.75, 3.05) is 6.79 Å². The van der Waals surface area contributed by atoms with Crippen LogP contribution in [0, 0.1) is 6.92 Å². The first-order valence-electron chi connectivity index (χ1n) is 7.91.